The van der Waals surface area contributed by atoms with E-state index in [-0.39, 0.29) is 17.9 Å². The van der Waals surface area contributed by atoms with Gasteiger partial charge in [-0.3, -0.25) is 9.59 Å². The number of benzene rings is 2. The van der Waals surface area contributed by atoms with Gasteiger partial charge in [-0.05, 0) is 54.4 Å². The van der Waals surface area contributed by atoms with Crippen molar-refractivity contribution in [2.24, 2.45) is 0 Å². The Morgan fingerprint density at radius 2 is 1.88 bits per heavy atom. The van der Waals surface area contributed by atoms with Crippen LogP contribution in [0.2, 0.25) is 0 Å². The molecule has 1 atom stereocenters. The van der Waals surface area contributed by atoms with Crippen molar-refractivity contribution in [3.8, 4) is 5.75 Å². The molecule has 33 heavy (non-hydrogen) atoms. The molecule has 1 fully saturated rings. The Bertz CT molecular complexity index is 1350. The number of likely N-dealkylation sites (tertiary alicyclic amines) is 1. The molecule has 0 spiro atoms. The number of rotatable bonds is 6. The number of aliphatic hydroxyl groups excluding tert-OH is 1. The van der Waals surface area contributed by atoms with Gasteiger partial charge >= 0.3 is 0 Å². The Kier molecular flexibility index (Phi) is 5.22. The highest BCUT2D eigenvalue weighted by Gasteiger charge is 2.47. The number of H-pyrrole nitrogens is 1. The Hall–Kier alpha value is -4.26. The number of aromatic amines is 1. The lowest BCUT2D eigenvalue weighted by molar-refractivity contribution is -0.140. The molecule has 0 radical (unpaired) electrons. The summed E-state index contributed by atoms with van der Waals surface area (Å²) in [6, 6.07) is 17.2. The summed E-state index contributed by atoms with van der Waals surface area (Å²) < 4.78 is 10.7. The molecule has 166 valence electrons. The fourth-order valence-electron chi connectivity index (χ4n) is 4.34. The molecule has 4 aromatic rings. The molecule has 2 aromatic heterocycles. The summed E-state index contributed by atoms with van der Waals surface area (Å²) in [7, 11) is 1.55. The molecule has 3 heterocycles. The van der Waals surface area contributed by atoms with Crippen LogP contribution in [-0.2, 0) is 16.0 Å². The molecule has 5 rings (SSSR count). The number of nitrogens with one attached hydrogen (secondary N) is 1. The first kappa shape index (κ1) is 20.6. The summed E-state index contributed by atoms with van der Waals surface area (Å²) in [5, 5.41) is 12.1. The van der Waals surface area contributed by atoms with Crippen LogP contribution in [0.4, 0.5) is 0 Å². The molecule has 1 saturated heterocycles. The van der Waals surface area contributed by atoms with E-state index in [1.807, 2.05) is 30.5 Å². The average molecular weight is 442 g/mol. The van der Waals surface area contributed by atoms with Gasteiger partial charge in [0.25, 0.3) is 11.7 Å². The molecule has 7 nitrogen and oxygen atoms in total. The number of nitrogens with zero attached hydrogens (tertiary/aromatic N) is 1. The molecular weight excluding hydrogens is 420 g/mol. The van der Waals surface area contributed by atoms with E-state index in [4.69, 9.17) is 9.15 Å². The highest BCUT2D eigenvalue weighted by molar-refractivity contribution is 6.46. The van der Waals surface area contributed by atoms with Gasteiger partial charge in [0.2, 0.25) is 0 Å². The second kappa shape index (κ2) is 8.35. The minimum Gasteiger partial charge on any atom is -0.507 e. The summed E-state index contributed by atoms with van der Waals surface area (Å²) in [4.78, 5) is 30.8. The summed E-state index contributed by atoms with van der Waals surface area (Å²) in [5.74, 6) is -0.599. The Morgan fingerprint density at radius 1 is 1.09 bits per heavy atom. The number of hydrogen-bond donors (Lipinski definition) is 2. The molecule has 1 amide bonds. The molecule has 2 aromatic carbocycles. The fraction of sp³-hybridized carbons (Fsp3) is 0.154. The fourth-order valence-corrected chi connectivity index (χ4v) is 4.34. The third kappa shape index (κ3) is 3.57. The molecular formula is C26H22N2O5. The predicted molar refractivity (Wildman–Crippen MR) is 123 cm³/mol. The topological polar surface area (TPSA) is 95.8 Å². The number of furan rings is 1. The zero-order valence-corrected chi connectivity index (χ0v) is 17.9. The third-order valence-corrected chi connectivity index (χ3v) is 6.01. The van der Waals surface area contributed by atoms with E-state index in [0.29, 0.717) is 23.5 Å². The molecule has 1 aliphatic heterocycles. The van der Waals surface area contributed by atoms with Gasteiger partial charge in [-0.25, -0.2) is 0 Å². The Morgan fingerprint density at radius 3 is 2.61 bits per heavy atom. The minimum absolute atomic E-state index is 0.0130. The van der Waals surface area contributed by atoms with Gasteiger partial charge in [-0.1, -0.05) is 18.2 Å². The quantitative estimate of drug-likeness (QED) is 0.262. The molecule has 0 saturated carbocycles. The molecule has 2 N–H and O–H groups in total. The zero-order valence-electron chi connectivity index (χ0n) is 17.9. The maximum absolute atomic E-state index is 13.1. The van der Waals surface area contributed by atoms with E-state index >= 15 is 0 Å². The van der Waals surface area contributed by atoms with Crippen molar-refractivity contribution in [2.75, 3.05) is 13.7 Å². The third-order valence-electron chi connectivity index (χ3n) is 6.01. The van der Waals surface area contributed by atoms with E-state index in [2.05, 4.69) is 4.98 Å². The second-order valence-electron chi connectivity index (χ2n) is 7.85. The molecule has 0 bridgehead atoms. The summed E-state index contributed by atoms with van der Waals surface area (Å²) in [6.45, 7) is 0.289. The van der Waals surface area contributed by atoms with Gasteiger partial charge in [0.05, 0.1) is 18.9 Å². The van der Waals surface area contributed by atoms with Crippen LogP contribution in [0.1, 0.15) is 22.9 Å². The van der Waals surface area contributed by atoms with E-state index in [0.717, 1.165) is 16.5 Å². The number of aromatic nitrogens is 1. The van der Waals surface area contributed by atoms with Gasteiger partial charge in [-0.2, -0.15) is 0 Å². The van der Waals surface area contributed by atoms with Crippen LogP contribution in [0.3, 0.4) is 0 Å². The van der Waals surface area contributed by atoms with Crippen molar-refractivity contribution in [3.05, 3.63) is 95.6 Å². The first-order valence-corrected chi connectivity index (χ1v) is 10.6. The van der Waals surface area contributed by atoms with Gasteiger partial charge in [-0.15, -0.1) is 0 Å². The SMILES string of the molecule is COc1ccc(C(O)=C2C(=O)C(=O)N(CCc3c[nH]c4ccccc34)C2c2ccco2)cc1. The number of carbonyl (C=O) groups is 2. The van der Waals surface area contributed by atoms with Crippen molar-refractivity contribution in [1.82, 2.24) is 9.88 Å². The maximum atomic E-state index is 13.1. The number of hydrogen-bond acceptors (Lipinski definition) is 5. The van der Waals surface area contributed by atoms with Crippen molar-refractivity contribution >= 4 is 28.4 Å². The van der Waals surface area contributed by atoms with Crippen LogP contribution in [0.15, 0.2) is 83.1 Å². The minimum atomic E-state index is -0.813. The number of amides is 1. The van der Waals surface area contributed by atoms with Crippen molar-refractivity contribution in [1.29, 1.82) is 0 Å². The monoisotopic (exact) mass is 442 g/mol. The van der Waals surface area contributed by atoms with Crippen molar-refractivity contribution in [3.63, 3.8) is 0 Å². The van der Waals surface area contributed by atoms with E-state index in [9.17, 15) is 14.7 Å². The van der Waals surface area contributed by atoms with E-state index < -0.39 is 17.7 Å². The lowest BCUT2D eigenvalue weighted by Crippen LogP contribution is -2.31. The van der Waals surface area contributed by atoms with Crippen molar-refractivity contribution in [2.45, 2.75) is 12.5 Å². The Labute approximate surface area is 189 Å². The van der Waals surface area contributed by atoms with Crippen LogP contribution in [-0.4, -0.2) is 40.3 Å². The van der Waals surface area contributed by atoms with E-state index in [1.165, 1.54) is 11.2 Å². The van der Waals surface area contributed by atoms with Crippen molar-refractivity contribution < 1.29 is 23.8 Å². The molecule has 1 aliphatic rings. The number of carbonyl (C=O) groups excluding carboxylic acids is 2. The number of ether oxygens (including phenoxy) is 1. The highest BCUT2D eigenvalue weighted by Crippen LogP contribution is 2.40. The number of ketones is 1. The summed E-state index contributed by atoms with van der Waals surface area (Å²) in [5.41, 5.74) is 2.48. The first-order chi connectivity index (χ1) is 16.1. The van der Waals surface area contributed by atoms with Crippen LogP contribution in [0.25, 0.3) is 16.7 Å². The standard InChI is InChI=1S/C26H22N2O5/c1-32-18-10-8-16(9-11-18)24(29)22-23(21-7-4-14-33-21)28(26(31)25(22)30)13-12-17-15-27-20-6-3-2-5-19(17)20/h2-11,14-15,23,27,29H,12-13H2,1H3. The van der Waals surface area contributed by atoms with Gasteiger partial charge < -0.3 is 24.1 Å². The normalized spacial score (nSPS) is 17.7. The van der Waals surface area contributed by atoms with Gasteiger partial charge in [0.1, 0.15) is 23.3 Å². The number of para-hydroxylation sites is 1. The maximum Gasteiger partial charge on any atom is 0.295 e. The average Bonchev–Trinajstić information content (AvgIpc) is 3.57. The lowest BCUT2D eigenvalue weighted by Gasteiger charge is -2.23. The largest absolute Gasteiger partial charge is 0.507 e. The highest BCUT2D eigenvalue weighted by atomic mass is 16.5. The van der Waals surface area contributed by atoms with Crippen LogP contribution < -0.4 is 4.74 Å². The predicted octanol–water partition coefficient (Wildman–Crippen LogP) is 4.43. The molecule has 0 aliphatic carbocycles. The van der Waals surface area contributed by atoms with Crippen LogP contribution in [0.5, 0.6) is 5.75 Å². The zero-order chi connectivity index (χ0) is 22.9. The smallest absolute Gasteiger partial charge is 0.295 e. The summed E-state index contributed by atoms with van der Waals surface area (Å²) >= 11 is 0. The Balaban J connectivity index is 1.52. The first-order valence-electron chi connectivity index (χ1n) is 10.6. The molecule has 7 heteroatoms. The number of aliphatic hydroxyl groups is 1. The van der Waals surface area contributed by atoms with Gasteiger partial charge in [0, 0.05) is 29.2 Å². The number of methoxy groups -OCH3 is 1. The number of fused-ring (bicyclic) bond motifs is 1. The van der Waals surface area contributed by atoms with Crippen LogP contribution in [0, 0.1) is 0 Å². The number of Topliss-reactive ketones (excluding diaryl/α,β-unsaturated/α-hetero) is 1. The summed E-state index contributed by atoms with van der Waals surface area (Å²) in [6.07, 6.45) is 3.94. The lowest BCUT2D eigenvalue weighted by atomic mass is 9.99. The van der Waals surface area contributed by atoms with Crippen LogP contribution >= 0.6 is 0 Å². The van der Waals surface area contributed by atoms with Gasteiger partial charge in [0.15, 0.2) is 0 Å². The van der Waals surface area contributed by atoms with E-state index in [1.54, 1.807) is 43.5 Å². The molecule has 1 unspecified atom stereocenters. The second-order valence-corrected chi connectivity index (χ2v) is 7.85.